The van der Waals surface area contributed by atoms with Gasteiger partial charge in [0.1, 0.15) is 5.25 Å². The molecule has 1 N–H and O–H groups in total. The topological polar surface area (TPSA) is 61.8 Å². The van der Waals surface area contributed by atoms with Crippen LogP contribution in [-0.4, -0.2) is 33.7 Å². The quantitative estimate of drug-likeness (QED) is 0.365. The first kappa shape index (κ1) is 25.3. The van der Waals surface area contributed by atoms with Crippen molar-refractivity contribution in [1.82, 2.24) is 4.90 Å². The second-order valence-electron chi connectivity index (χ2n) is 8.27. The lowest BCUT2D eigenvalue weighted by Crippen LogP contribution is -2.45. The van der Waals surface area contributed by atoms with E-state index in [1.807, 2.05) is 43.3 Å². The largest absolute Gasteiger partial charge is 0.325 e. The van der Waals surface area contributed by atoms with Crippen molar-refractivity contribution in [3.63, 3.8) is 0 Å². The highest BCUT2D eigenvalue weighted by Gasteiger charge is 2.35. The molecule has 0 aromatic heterocycles. The summed E-state index contributed by atoms with van der Waals surface area (Å²) in [5, 5.41) is 3.90. The number of thioether (sulfide) groups is 1. The molecule has 2 amide bonds. The maximum absolute atomic E-state index is 13.2. The van der Waals surface area contributed by atoms with Crippen LogP contribution in [0.3, 0.4) is 0 Å². The Hall–Kier alpha value is -2.80. The summed E-state index contributed by atoms with van der Waals surface area (Å²) in [6.07, 6.45) is 1.72. The zero-order valence-corrected chi connectivity index (χ0v) is 21.5. The lowest BCUT2D eigenvalue weighted by Gasteiger charge is -2.32. The predicted octanol–water partition coefficient (Wildman–Crippen LogP) is 6.89. The number of aryl methyl sites for hydroxylation is 2. The van der Waals surface area contributed by atoms with E-state index in [4.69, 9.17) is 28.2 Å². The highest BCUT2D eigenvalue weighted by Crippen LogP contribution is 2.31. The smallest absolute Gasteiger partial charge is 0.238 e. The number of benzene rings is 3. The number of carbonyl (C=O) groups excluding carboxylic acids is 2. The molecule has 4 rings (SSSR count). The zero-order chi connectivity index (χ0) is 24.8. The van der Waals surface area contributed by atoms with Crippen molar-refractivity contribution in [1.29, 1.82) is 0 Å². The summed E-state index contributed by atoms with van der Waals surface area (Å²) < 4.78 is 0. The van der Waals surface area contributed by atoms with Crippen molar-refractivity contribution in [2.45, 2.75) is 31.4 Å². The van der Waals surface area contributed by atoms with Crippen LogP contribution in [0.15, 0.2) is 77.8 Å². The molecule has 0 bridgehead atoms. The number of hydrogen-bond donors (Lipinski definition) is 1. The van der Waals surface area contributed by atoms with E-state index in [0.717, 1.165) is 18.4 Å². The maximum atomic E-state index is 13.2. The van der Waals surface area contributed by atoms with Crippen molar-refractivity contribution in [3.05, 3.63) is 94.0 Å². The first-order valence-electron chi connectivity index (χ1n) is 11.3. The van der Waals surface area contributed by atoms with Crippen LogP contribution in [0.4, 0.5) is 11.4 Å². The van der Waals surface area contributed by atoms with Gasteiger partial charge in [0.15, 0.2) is 5.17 Å². The third-order valence-electron chi connectivity index (χ3n) is 5.59. The average Bonchev–Trinajstić information content (AvgIpc) is 2.83. The first-order valence-corrected chi connectivity index (χ1v) is 12.9. The Labute approximate surface area is 219 Å². The number of hydrogen-bond acceptors (Lipinski definition) is 4. The minimum absolute atomic E-state index is 0.0933. The monoisotopic (exact) mass is 525 g/mol. The number of anilines is 1. The van der Waals surface area contributed by atoms with Gasteiger partial charge in [-0.05, 0) is 61.2 Å². The van der Waals surface area contributed by atoms with Gasteiger partial charge in [0.2, 0.25) is 11.8 Å². The first-order chi connectivity index (χ1) is 16.9. The summed E-state index contributed by atoms with van der Waals surface area (Å²) in [6, 6.07) is 22.6. The molecule has 1 saturated heterocycles. The van der Waals surface area contributed by atoms with E-state index in [9.17, 15) is 9.59 Å². The third-order valence-corrected chi connectivity index (χ3v) is 7.42. The molecule has 35 heavy (non-hydrogen) atoms. The van der Waals surface area contributed by atoms with Gasteiger partial charge in [-0.2, -0.15) is 0 Å². The summed E-state index contributed by atoms with van der Waals surface area (Å²) in [6.45, 7) is 2.41. The molecule has 0 aliphatic carbocycles. The summed E-state index contributed by atoms with van der Waals surface area (Å²) >= 11 is 13.6. The number of nitrogens with zero attached hydrogens (tertiary/aromatic N) is 2. The van der Waals surface area contributed by atoms with Crippen LogP contribution in [0.5, 0.6) is 0 Å². The van der Waals surface area contributed by atoms with E-state index in [1.165, 1.54) is 17.3 Å². The molecule has 1 aliphatic rings. The third kappa shape index (κ3) is 6.88. The van der Waals surface area contributed by atoms with Crippen molar-refractivity contribution in [2.75, 3.05) is 11.9 Å². The van der Waals surface area contributed by atoms with Gasteiger partial charge in [-0.25, -0.2) is 4.99 Å². The van der Waals surface area contributed by atoms with Crippen LogP contribution < -0.4 is 5.32 Å². The average molecular weight is 526 g/mol. The molecule has 3 aromatic rings. The minimum Gasteiger partial charge on any atom is -0.325 e. The molecule has 180 valence electrons. The van der Waals surface area contributed by atoms with Crippen molar-refractivity contribution < 1.29 is 9.59 Å². The van der Waals surface area contributed by atoms with Gasteiger partial charge in [-0.3, -0.25) is 14.5 Å². The van der Waals surface area contributed by atoms with Crippen LogP contribution in [0.1, 0.15) is 24.0 Å². The van der Waals surface area contributed by atoms with Gasteiger partial charge < -0.3 is 5.32 Å². The fraction of sp³-hybridized carbons (Fsp3) is 0.222. The molecular formula is C27H25Cl2N3O2S. The Bertz CT molecular complexity index is 1250. The molecule has 1 fully saturated rings. The number of rotatable bonds is 7. The SMILES string of the molecule is Cc1ccc(NC(=O)C2CC(=O)N(CCCc3ccccc3)C(=Nc3cccc(Cl)c3)S2)cc1Cl. The molecule has 1 aliphatic heterocycles. The molecule has 0 radical (unpaired) electrons. The van der Waals surface area contributed by atoms with Crippen molar-refractivity contribution >= 4 is 63.3 Å². The predicted molar refractivity (Wildman–Crippen MR) is 146 cm³/mol. The number of nitrogens with one attached hydrogen (secondary N) is 1. The molecule has 1 atom stereocenters. The van der Waals surface area contributed by atoms with Gasteiger partial charge in [-0.1, -0.05) is 77.4 Å². The Kier molecular flexibility index (Phi) is 8.50. The van der Waals surface area contributed by atoms with E-state index in [1.54, 1.807) is 29.2 Å². The van der Waals surface area contributed by atoms with E-state index in [-0.39, 0.29) is 18.2 Å². The Balaban J connectivity index is 1.51. The summed E-state index contributed by atoms with van der Waals surface area (Å²) in [7, 11) is 0. The molecule has 0 spiro atoms. The number of amides is 2. The maximum Gasteiger partial charge on any atom is 0.238 e. The van der Waals surface area contributed by atoms with Crippen LogP contribution in [0.25, 0.3) is 0 Å². The Morgan fingerprint density at radius 1 is 1.09 bits per heavy atom. The zero-order valence-electron chi connectivity index (χ0n) is 19.2. The second-order valence-corrected chi connectivity index (χ2v) is 10.3. The van der Waals surface area contributed by atoms with Crippen molar-refractivity contribution in [2.24, 2.45) is 4.99 Å². The minimum atomic E-state index is -0.606. The van der Waals surface area contributed by atoms with Gasteiger partial charge in [-0.15, -0.1) is 0 Å². The van der Waals surface area contributed by atoms with Crippen molar-refractivity contribution in [3.8, 4) is 0 Å². The van der Waals surface area contributed by atoms with Gasteiger partial charge >= 0.3 is 0 Å². The normalized spacial score (nSPS) is 17.0. The van der Waals surface area contributed by atoms with Crippen LogP contribution >= 0.6 is 35.0 Å². The molecule has 1 heterocycles. The fourth-order valence-electron chi connectivity index (χ4n) is 3.70. The van der Waals surface area contributed by atoms with E-state index < -0.39 is 5.25 Å². The standard InChI is InChI=1S/C27H25Cl2N3O2S/c1-18-12-13-22(16-23(18)29)30-26(34)24-17-25(33)32(14-6-9-19-7-3-2-4-8-19)27(35-24)31-21-11-5-10-20(28)15-21/h2-5,7-8,10-13,15-16,24H,6,9,14,17H2,1H3,(H,30,34). The highest BCUT2D eigenvalue weighted by atomic mass is 35.5. The van der Waals surface area contributed by atoms with E-state index >= 15 is 0 Å². The molecule has 0 saturated carbocycles. The Morgan fingerprint density at radius 3 is 2.63 bits per heavy atom. The van der Waals surface area contributed by atoms with E-state index in [2.05, 4.69) is 17.4 Å². The Morgan fingerprint density at radius 2 is 1.89 bits per heavy atom. The summed E-state index contributed by atoms with van der Waals surface area (Å²) in [5.74, 6) is -0.384. The molecule has 5 nitrogen and oxygen atoms in total. The van der Waals surface area contributed by atoms with Gasteiger partial charge in [0.05, 0.1) is 5.69 Å². The lowest BCUT2D eigenvalue weighted by atomic mass is 10.1. The number of aliphatic imine (C=N–C) groups is 1. The molecule has 3 aromatic carbocycles. The van der Waals surface area contributed by atoms with E-state index in [0.29, 0.717) is 33.1 Å². The molecular weight excluding hydrogens is 501 g/mol. The summed E-state index contributed by atoms with van der Waals surface area (Å²) in [5.41, 5.74) is 3.37. The van der Waals surface area contributed by atoms with Crippen LogP contribution in [0, 0.1) is 6.92 Å². The number of amidine groups is 1. The van der Waals surface area contributed by atoms with Gasteiger partial charge in [0, 0.05) is 28.7 Å². The molecule has 8 heteroatoms. The molecule has 1 unspecified atom stereocenters. The summed E-state index contributed by atoms with van der Waals surface area (Å²) in [4.78, 5) is 32.6. The van der Waals surface area contributed by atoms with Gasteiger partial charge in [0.25, 0.3) is 0 Å². The lowest BCUT2D eigenvalue weighted by molar-refractivity contribution is -0.129. The van der Waals surface area contributed by atoms with Crippen LogP contribution in [-0.2, 0) is 16.0 Å². The highest BCUT2D eigenvalue weighted by molar-refractivity contribution is 8.15. The number of halogens is 2. The fourth-order valence-corrected chi connectivity index (χ4v) is 5.19. The second kappa shape index (κ2) is 11.8. The number of carbonyl (C=O) groups is 2. The van der Waals surface area contributed by atoms with Crippen LogP contribution in [0.2, 0.25) is 10.0 Å².